The summed E-state index contributed by atoms with van der Waals surface area (Å²) in [5.41, 5.74) is 2.35. The number of aryl methyl sites for hydroxylation is 2. The quantitative estimate of drug-likeness (QED) is 0.806. The van der Waals surface area contributed by atoms with Crippen molar-refractivity contribution in [1.82, 2.24) is 9.21 Å². The number of halogens is 1. The van der Waals surface area contributed by atoms with Crippen molar-refractivity contribution >= 4 is 15.9 Å². The smallest absolute Gasteiger partial charge is 0.243 e. The van der Waals surface area contributed by atoms with E-state index in [0.717, 1.165) is 11.1 Å². The number of piperazine rings is 1. The molecule has 0 spiro atoms. The predicted molar refractivity (Wildman–Crippen MR) is 101 cm³/mol. The SMILES string of the molecule is Cc1ccc(S(=O)(=O)N2CCN(C(=O)Cc3cccc(F)c3)CC2)c(C)c1. The first-order chi connectivity index (χ1) is 12.8. The summed E-state index contributed by atoms with van der Waals surface area (Å²) in [6, 6.07) is 11.3. The van der Waals surface area contributed by atoms with Crippen LogP contribution in [0.15, 0.2) is 47.4 Å². The van der Waals surface area contributed by atoms with Crippen molar-refractivity contribution in [2.24, 2.45) is 0 Å². The van der Waals surface area contributed by atoms with E-state index in [1.54, 1.807) is 36.1 Å². The molecule has 0 saturated carbocycles. The summed E-state index contributed by atoms with van der Waals surface area (Å²) in [5.74, 6) is -0.492. The van der Waals surface area contributed by atoms with E-state index in [0.29, 0.717) is 23.5 Å². The molecular weight excluding hydrogens is 367 g/mol. The van der Waals surface area contributed by atoms with Crippen molar-refractivity contribution in [2.45, 2.75) is 25.2 Å². The standard InChI is InChI=1S/C20H23FN2O3S/c1-15-6-7-19(16(2)12-15)27(25,26)23-10-8-22(9-11-23)20(24)14-17-4-3-5-18(21)13-17/h3-7,12-13H,8-11,14H2,1-2H3. The Morgan fingerprint density at radius 1 is 1.04 bits per heavy atom. The number of hydrogen-bond donors (Lipinski definition) is 0. The fourth-order valence-electron chi connectivity index (χ4n) is 3.34. The van der Waals surface area contributed by atoms with Crippen molar-refractivity contribution < 1.29 is 17.6 Å². The third-order valence-electron chi connectivity index (χ3n) is 4.78. The lowest BCUT2D eigenvalue weighted by atomic mass is 10.1. The molecule has 1 heterocycles. The van der Waals surface area contributed by atoms with E-state index >= 15 is 0 Å². The van der Waals surface area contributed by atoms with E-state index in [-0.39, 0.29) is 31.2 Å². The third-order valence-corrected chi connectivity index (χ3v) is 6.84. The lowest BCUT2D eigenvalue weighted by Gasteiger charge is -2.34. The van der Waals surface area contributed by atoms with E-state index in [9.17, 15) is 17.6 Å². The van der Waals surface area contributed by atoms with E-state index in [2.05, 4.69) is 0 Å². The molecule has 2 aromatic rings. The Labute approximate surface area is 159 Å². The molecule has 5 nitrogen and oxygen atoms in total. The molecule has 1 aliphatic heterocycles. The number of carbonyl (C=O) groups is 1. The second kappa shape index (κ2) is 7.78. The number of sulfonamides is 1. The fraction of sp³-hybridized carbons (Fsp3) is 0.350. The number of hydrogen-bond acceptors (Lipinski definition) is 3. The van der Waals surface area contributed by atoms with Crippen molar-refractivity contribution in [3.8, 4) is 0 Å². The molecule has 0 unspecified atom stereocenters. The highest BCUT2D eigenvalue weighted by atomic mass is 32.2. The van der Waals surface area contributed by atoms with E-state index in [1.165, 1.54) is 16.4 Å². The minimum atomic E-state index is -3.58. The van der Waals surface area contributed by atoms with Crippen LogP contribution in [0.4, 0.5) is 4.39 Å². The largest absolute Gasteiger partial charge is 0.340 e. The van der Waals surface area contributed by atoms with E-state index in [1.807, 2.05) is 13.0 Å². The lowest BCUT2D eigenvalue weighted by molar-refractivity contribution is -0.131. The summed E-state index contributed by atoms with van der Waals surface area (Å²) in [6.07, 6.45) is 0.113. The second-order valence-corrected chi connectivity index (χ2v) is 8.77. The van der Waals surface area contributed by atoms with Gasteiger partial charge >= 0.3 is 0 Å². The maximum Gasteiger partial charge on any atom is 0.243 e. The monoisotopic (exact) mass is 390 g/mol. The summed E-state index contributed by atoms with van der Waals surface area (Å²) in [4.78, 5) is 14.4. The van der Waals surface area contributed by atoms with Crippen LogP contribution in [0, 0.1) is 19.7 Å². The minimum absolute atomic E-state index is 0.113. The molecule has 1 fully saturated rings. The van der Waals surface area contributed by atoms with Crippen molar-refractivity contribution in [3.05, 3.63) is 65.0 Å². The van der Waals surface area contributed by atoms with Gasteiger partial charge in [0.1, 0.15) is 5.82 Å². The van der Waals surface area contributed by atoms with Crippen LogP contribution in [0.5, 0.6) is 0 Å². The molecule has 0 N–H and O–H groups in total. The van der Waals surface area contributed by atoms with Gasteiger partial charge in [-0.05, 0) is 43.2 Å². The van der Waals surface area contributed by atoms with Gasteiger partial charge in [0.25, 0.3) is 0 Å². The van der Waals surface area contributed by atoms with Gasteiger partial charge in [0.05, 0.1) is 11.3 Å². The number of carbonyl (C=O) groups excluding carboxylic acids is 1. The molecule has 27 heavy (non-hydrogen) atoms. The Bertz CT molecular complexity index is 951. The maximum atomic E-state index is 13.3. The van der Waals surface area contributed by atoms with Gasteiger partial charge in [-0.3, -0.25) is 4.79 Å². The Morgan fingerprint density at radius 3 is 2.37 bits per heavy atom. The predicted octanol–water partition coefficient (Wildman–Crippen LogP) is 2.52. The van der Waals surface area contributed by atoms with Gasteiger partial charge in [-0.1, -0.05) is 29.8 Å². The van der Waals surface area contributed by atoms with Crippen LogP contribution in [0.2, 0.25) is 0 Å². The molecule has 0 aliphatic carbocycles. The zero-order valence-electron chi connectivity index (χ0n) is 15.5. The molecule has 0 aromatic heterocycles. The molecule has 1 amide bonds. The highest BCUT2D eigenvalue weighted by molar-refractivity contribution is 7.89. The third kappa shape index (κ3) is 4.36. The molecule has 1 saturated heterocycles. The van der Waals surface area contributed by atoms with Crippen LogP contribution in [0.1, 0.15) is 16.7 Å². The molecule has 2 aromatic carbocycles. The van der Waals surface area contributed by atoms with Crippen LogP contribution in [-0.2, 0) is 21.2 Å². The first-order valence-corrected chi connectivity index (χ1v) is 10.3. The summed E-state index contributed by atoms with van der Waals surface area (Å²) in [6.45, 7) is 4.89. The van der Waals surface area contributed by atoms with Crippen LogP contribution in [-0.4, -0.2) is 49.7 Å². The number of benzene rings is 2. The van der Waals surface area contributed by atoms with E-state index < -0.39 is 10.0 Å². The average molecular weight is 390 g/mol. The highest BCUT2D eigenvalue weighted by Crippen LogP contribution is 2.22. The van der Waals surface area contributed by atoms with E-state index in [4.69, 9.17) is 0 Å². The maximum absolute atomic E-state index is 13.3. The van der Waals surface area contributed by atoms with Gasteiger partial charge in [0, 0.05) is 26.2 Å². The average Bonchev–Trinajstić information content (AvgIpc) is 2.61. The van der Waals surface area contributed by atoms with Gasteiger partial charge < -0.3 is 4.90 Å². The van der Waals surface area contributed by atoms with Crippen molar-refractivity contribution in [3.63, 3.8) is 0 Å². The first kappa shape index (κ1) is 19.5. The fourth-order valence-corrected chi connectivity index (χ4v) is 4.97. The first-order valence-electron chi connectivity index (χ1n) is 8.87. The topological polar surface area (TPSA) is 57.7 Å². The number of nitrogens with zero attached hydrogens (tertiary/aromatic N) is 2. The zero-order chi connectivity index (χ0) is 19.6. The molecule has 1 aliphatic rings. The van der Waals surface area contributed by atoms with Gasteiger partial charge in [-0.25, -0.2) is 12.8 Å². The normalized spacial score (nSPS) is 15.7. The molecular formula is C20H23FN2O3S. The van der Waals surface area contributed by atoms with Gasteiger partial charge in [-0.2, -0.15) is 4.31 Å². The van der Waals surface area contributed by atoms with Crippen LogP contribution >= 0.6 is 0 Å². The summed E-state index contributed by atoms with van der Waals surface area (Å²) in [5, 5.41) is 0. The number of amides is 1. The van der Waals surface area contributed by atoms with Crippen molar-refractivity contribution in [1.29, 1.82) is 0 Å². The molecule has 3 rings (SSSR count). The summed E-state index contributed by atoms with van der Waals surface area (Å²) in [7, 11) is -3.58. The zero-order valence-corrected chi connectivity index (χ0v) is 16.3. The summed E-state index contributed by atoms with van der Waals surface area (Å²) < 4.78 is 40.5. The van der Waals surface area contributed by atoms with Gasteiger partial charge in [-0.15, -0.1) is 0 Å². The minimum Gasteiger partial charge on any atom is -0.340 e. The molecule has 0 bridgehead atoms. The Morgan fingerprint density at radius 2 is 1.74 bits per heavy atom. The number of rotatable bonds is 4. The van der Waals surface area contributed by atoms with Gasteiger partial charge in [0.15, 0.2) is 0 Å². The Balaban J connectivity index is 1.65. The molecule has 0 atom stereocenters. The Kier molecular flexibility index (Phi) is 5.62. The second-order valence-electron chi connectivity index (χ2n) is 6.86. The molecule has 0 radical (unpaired) electrons. The summed E-state index contributed by atoms with van der Waals surface area (Å²) >= 11 is 0. The van der Waals surface area contributed by atoms with Crippen LogP contribution < -0.4 is 0 Å². The Hall–Kier alpha value is -2.25. The highest BCUT2D eigenvalue weighted by Gasteiger charge is 2.30. The lowest BCUT2D eigenvalue weighted by Crippen LogP contribution is -2.50. The molecule has 144 valence electrons. The van der Waals surface area contributed by atoms with Gasteiger partial charge in [0.2, 0.25) is 15.9 Å². The van der Waals surface area contributed by atoms with Crippen LogP contribution in [0.25, 0.3) is 0 Å². The molecule has 7 heteroatoms. The van der Waals surface area contributed by atoms with Crippen molar-refractivity contribution in [2.75, 3.05) is 26.2 Å². The van der Waals surface area contributed by atoms with Crippen LogP contribution in [0.3, 0.4) is 0 Å².